The van der Waals surface area contributed by atoms with Crippen LogP contribution in [0.2, 0.25) is 0 Å². The Hall–Kier alpha value is -1.71. The highest BCUT2D eigenvalue weighted by Gasteiger charge is 2.33. The van der Waals surface area contributed by atoms with Crippen molar-refractivity contribution >= 4 is 11.8 Å². The quantitative estimate of drug-likeness (QED) is 0.619. The summed E-state index contributed by atoms with van der Waals surface area (Å²) in [4.78, 5) is 28.1. The predicted molar refractivity (Wildman–Crippen MR) is 72.8 cm³/mol. The van der Waals surface area contributed by atoms with Gasteiger partial charge in [0.05, 0.1) is 6.42 Å². The van der Waals surface area contributed by atoms with Gasteiger partial charge in [-0.1, -0.05) is 19.9 Å². The van der Waals surface area contributed by atoms with Crippen LogP contribution in [-0.2, 0) is 9.53 Å². The lowest BCUT2D eigenvalue weighted by Crippen LogP contribution is -2.32. The first-order valence-corrected chi connectivity index (χ1v) is 6.29. The molecule has 4 nitrogen and oxygen atoms in total. The number of rotatable bonds is 4. The van der Waals surface area contributed by atoms with E-state index in [9.17, 15) is 9.59 Å². The summed E-state index contributed by atoms with van der Waals surface area (Å²) in [7, 11) is 0. The number of hydrogen-bond acceptors (Lipinski definition) is 4. The smallest absolute Gasteiger partial charge is 0.307 e. The van der Waals surface area contributed by atoms with Crippen LogP contribution in [0.25, 0.3) is 0 Å². The van der Waals surface area contributed by atoms with Gasteiger partial charge in [0.2, 0.25) is 0 Å². The zero-order chi connectivity index (χ0) is 14.7. The second-order valence-electron chi connectivity index (χ2n) is 6.19. The lowest BCUT2D eigenvalue weighted by molar-refractivity contribution is -0.156. The minimum absolute atomic E-state index is 0.0413. The molecular formula is C15H21NO3. The number of carbonyl (C=O) groups is 2. The van der Waals surface area contributed by atoms with Gasteiger partial charge in [0, 0.05) is 11.6 Å². The Morgan fingerprint density at radius 1 is 1.16 bits per heavy atom. The molecule has 0 atom stereocenters. The van der Waals surface area contributed by atoms with Gasteiger partial charge in [-0.15, -0.1) is 0 Å². The molecule has 1 rings (SSSR count). The zero-order valence-electron chi connectivity index (χ0n) is 12.2. The number of ketones is 1. The maximum absolute atomic E-state index is 12.3. The summed E-state index contributed by atoms with van der Waals surface area (Å²) in [5, 5.41) is 0. The Morgan fingerprint density at radius 2 is 1.79 bits per heavy atom. The van der Waals surface area contributed by atoms with Gasteiger partial charge in [-0.3, -0.25) is 14.6 Å². The molecule has 0 aromatic carbocycles. The van der Waals surface area contributed by atoms with Gasteiger partial charge in [-0.2, -0.15) is 0 Å². The Morgan fingerprint density at radius 3 is 2.26 bits per heavy atom. The summed E-state index contributed by atoms with van der Waals surface area (Å²) < 4.78 is 5.25. The number of carbonyl (C=O) groups excluding carboxylic acids is 2. The number of hydrogen-bond donors (Lipinski definition) is 0. The summed E-state index contributed by atoms with van der Waals surface area (Å²) in [6, 6.07) is 5.15. The first-order chi connectivity index (χ1) is 8.62. The molecule has 0 saturated heterocycles. The van der Waals surface area contributed by atoms with Gasteiger partial charge in [-0.25, -0.2) is 0 Å². The second kappa shape index (κ2) is 5.51. The van der Waals surface area contributed by atoms with Crippen LogP contribution in [0.15, 0.2) is 24.4 Å². The third-order valence-electron chi connectivity index (χ3n) is 2.52. The Kier molecular flexibility index (Phi) is 4.45. The number of ether oxygens (including phenoxy) is 1. The molecule has 1 aromatic rings. The minimum Gasteiger partial charge on any atom is -0.460 e. The topological polar surface area (TPSA) is 56.3 Å². The Labute approximate surface area is 114 Å². The average molecular weight is 263 g/mol. The van der Waals surface area contributed by atoms with E-state index in [0.29, 0.717) is 5.69 Å². The molecule has 0 aliphatic rings. The fourth-order valence-corrected chi connectivity index (χ4v) is 1.66. The SMILES string of the molecule is CC(C)(C)OC(=O)CC(C)(C)C(=O)c1ccccn1. The summed E-state index contributed by atoms with van der Waals surface area (Å²) in [6.45, 7) is 8.87. The van der Waals surface area contributed by atoms with Crippen LogP contribution < -0.4 is 0 Å². The van der Waals surface area contributed by atoms with E-state index in [4.69, 9.17) is 4.74 Å². The van der Waals surface area contributed by atoms with E-state index < -0.39 is 11.0 Å². The van der Waals surface area contributed by atoms with E-state index in [1.165, 1.54) is 0 Å². The maximum atomic E-state index is 12.3. The highest BCUT2D eigenvalue weighted by atomic mass is 16.6. The van der Waals surface area contributed by atoms with Crippen LogP contribution in [0.1, 0.15) is 51.5 Å². The van der Waals surface area contributed by atoms with E-state index in [2.05, 4.69) is 4.98 Å². The monoisotopic (exact) mass is 263 g/mol. The third kappa shape index (κ3) is 4.81. The van der Waals surface area contributed by atoms with Crippen molar-refractivity contribution in [1.29, 1.82) is 0 Å². The fraction of sp³-hybridized carbons (Fsp3) is 0.533. The van der Waals surface area contributed by atoms with Crippen LogP contribution in [-0.4, -0.2) is 22.3 Å². The van der Waals surface area contributed by atoms with E-state index >= 15 is 0 Å². The van der Waals surface area contributed by atoms with Gasteiger partial charge in [0.25, 0.3) is 0 Å². The van der Waals surface area contributed by atoms with Crippen molar-refractivity contribution in [2.75, 3.05) is 0 Å². The van der Waals surface area contributed by atoms with Crippen molar-refractivity contribution < 1.29 is 14.3 Å². The standard InChI is InChI=1S/C15H21NO3/c1-14(2,3)19-12(17)10-15(4,5)13(18)11-8-6-7-9-16-11/h6-9H,10H2,1-5H3. The number of aromatic nitrogens is 1. The van der Waals surface area contributed by atoms with Crippen molar-refractivity contribution in [3.05, 3.63) is 30.1 Å². The van der Waals surface area contributed by atoms with Crippen LogP contribution >= 0.6 is 0 Å². The molecule has 0 aliphatic carbocycles. The number of esters is 1. The summed E-state index contributed by atoms with van der Waals surface area (Å²) in [5.74, 6) is -0.527. The predicted octanol–water partition coefficient (Wildman–Crippen LogP) is 3.02. The molecule has 4 heteroatoms. The first kappa shape index (κ1) is 15.3. The molecule has 1 heterocycles. The summed E-state index contributed by atoms with van der Waals surface area (Å²) >= 11 is 0. The third-order valence-corrected chi connectivity index (χ3v) is 2.52. The van der Waals surface area contributed by atoms with Crippen LogP contribution in [0.3, 0.4) is 0 Å². The molecule has 0 bridgehead atoms. The lowest BCUT2D eigenvalue weighted by atomic mass is 9.83. The second-order valence-corrected chi connectivity index (χ2v) is 6.19. The Bertz CT molecular complexity index is 458. The molecule has 104 valence electrons. The van der Waals surface area contributed by atoms with E-state index in [0.717, 1.165) is 0 Å². The molecule has 0 N–H and O–H groups in total. The first-order valence-electron chi connectivity index (χ1n) is 6.29. The van der Waals surface area contributed by atoms with E-state index in [-0.39, 0.29) is 18.2 Å². The van der Waals surface area contributed by atoms with Gasteiger partial charge in [0.1, 0.15) is 11.3 Å². The van der Waals surface area contributed by atoms with Gasteiger partial charge < -0.3 is 4.74 Å². The average Bonchev–Trinajstić information content (AvgIpc) is 2.25. The lowest BCUT2D eigenvalue weighted by Gasteiger charge is -2.25. The maximum Gasteiger partial charge on any atom is 0.307 e. The van der Waals surface area contributed by atoms with Crippen molar-refractivity contribution in [3.8, 4) is 0 Å². The number of pyridine rings is 1. The van der Waals surface area contributed by atoms with E-state index in [1.807, 2.05) is 0 Å². The summed E-state index contributed by atoms with van der Waals surface area (Å²) in [6.07, 6.45) is 1.61. The molecule has 0 spiro atoms. The molecule has 1 aromatic heterocycles. The molecule has 0 fully saturated rings. The van der Waals surface area contributed by atoms with Crippen molar-refractivity contribution in [2.45, 2.75) is 46.6 Å². The minimum atomic E-state index is -0.823. The molecular weight excluding hydrogens is 242 g/mol. The normalized spacial score (nSPS) is 12.1. The number of Topliss-reactive ketones (excluding diaryl/α,β-unsaturated/α-hetero) is 1. The highest BCUT2D eigenvalue weighted by molar-refractivity contribution is 6.00. The molecule has 0 aliphatic heterocycles. The van der Waals surface area contributed by atoms with Gasteiger partial charge in [-0.05, 0) is 32.9 Å². The molecule has 0 amide bonds. The molecule has 0 unspecified atom stereocenters. The van der Waals surface area contributed by atoms with E-state index in [1.54, 1.807) is 59.0 Å². The van der Waals surface area contributed by atoms with Crippen molar-refractivity contribution in [3.63, 3.8) is 0 Å². The van der Waals surface area contributed by atoms with Crippen molar-refractivity contribution in [2.24, 2.45) is 5.41 Å². The van der Waals surface area contributed by atoms with Crippen molar-refractivity contribution in [1.82, 2.24) is 4.98 Å². The molecule has 0 radical (unpaired) electrons. The Balaban J connectivity index is 2.76. The zero-order valence-corrected chi connectivity index (χ0v) is 12.2. The van der Waals surface area contributed by atoms with Crippen LogP contribution in [0.5, 0.6) is 0 Å². The van der Waals surface area contributed by atoms with Crippen LogP contribution in [0, 0.1) is 5.41 Å². The largest absolute Gasteiger partial charge is 0.460 e. The summed E-state index contributed by atoms with van der Waals surface area (Å²) in [5.41, 5.74) is -0.992. The highest BCUT2D eigenvalue weighted by Crippen LogP contribution is 2.26. The van der Waals surface area contributed by atoms with Crippen LogP contribution in [0.4, 0.5) is 0 Å². The van der Waals surface area contributed by atoms with Gasteiger partial charge >= 0.3 is 5.97 Å². The number of nitrogens with zero attached hydrogens (tertiary/aromatic N) is 1. The van der Waals surface area contributed by atoms with Gasteiger partial charge in [0.15, 0.2) is 5.78 Å². The fourth-order valence-electron chi connectivity index (χ4n) is 1.66. The molecule has 0 saturated carbocycles. The molecule has 19 heavy (non-hydrogen) atoms.